The molecule has 0 spiro atoms. The average molecular weight is 264 g/mol. The molecule has 13 heteroatoms. The van der Waals surface area contributed by atoms with Crippen molar-refractivity contribution in [1.29, 1.82) is 0 Å². The molecule has 0 atom stereocenters. The largest absolute Gasteiger partial charge is 3.00 e. The van der Waals surface area contributed by atoms with E-state index in [1.54, 1.807) is 0 Å². The van der Waals surface area contributed by atoms with Crippen LogP contribution < -0.4 is 0 Å². The Morgan fingerprint density at radius 3 is 0.615 bits per heavy atom. The third-order valence-corrected chi connectivity index (χ3v) is 0. The van der Waals surface area contributed by atoms with E-state index >= 15 is 0 Å². The molecule has 0 aromatic rings. The monoisotopic (exact) mass is 264 g/mol. The summed E-state index contributed by atoms with van der Waals surface area (Å²) in [6.45, 7) is 0. The van der Waals surface area contributed by atoms with Gasteiger partial charge in [0.25, 0.3) is 0 Å². The Morgan fingerprint density at radius 2 is 0.615 bits per heavy atom. The molecule has 0 aliphatic heterocycles. The van der Waals surface area contributed by atoms with Crippen molar-refractivity contribution in [2.75, 3.05) is 0 Å². The van der Waals surface area contributed by atoms with E-state index in [0.717, 1.165) is 0 Å². The fourth-order valence-electron chi connectivity index (χ4n) is 0. The first-order valence-electron chi connectivity index (χ1n) is 1.33. The molecule has 0 aromatic heterocycles. The van der Waals surface area contributed by atoms with E-state index in [9.17, 15) is 0 Å². The third kappa shape index (κ3) is 2530. The maximum Gasteiger partial charge on any atom is 3.00 e. The molecule has 0 aliphatic carbocycles. The topological polar surface area (TPSA) is 192 Å². The van der Waals surface area contributed by atoms with Gasteiger partial charge in [0.1, 0.15) is 0 Å². The van der Waals surface area contributed by atoms with Crippen LogP contribution in [0.15, 0.2) is 0 Å². The summed E-state index contributed by atoms with van der Waals surface area (Å²) in [6.07, 6.45) is 0. The molecule has 0 saturated heterocycles. The van der Waals surface area contributed by atoms with Crippen LogP contribution in [0.3, 0.4) is 0 Å². The molecule has 9 nitrogen and oxygen atoms in total. The molecule has 13 heavy (non-hydrogen) atoms. The molecule has 0 unspecified atom stereocenters. The summed E-state index contributed by atoms with van der Waals surface area (Å²) in [4.78, 5) is 0. The second-order valence-corrected chi connectivity index (χ2v) is 2.45. The molecule has 0 aromatic carbocycles. The molecular formula is H2Al2O9S2+2. The van der Waals surface area contributed by atoms with E-state index in [1.807, 2.05) is 0 Å². The second kappa shape index (κ2) is 10.8. The van der Waals surface area contributed by atoms with Gasteiger partial charge in [-0.05, 0) is 0 Å². The molecule has 0 heterocycles. The van der Waals surface area contributed by atoms with Gasteiger partial charge in [-0.2, -0.15) is 0 Å². The molecule has 0 rings (SSSR count). The van der Waals surface area contributed by atoms with Crippen LogP contribution in [0.25, 0.3) is 0 Å². The predicted octanol–water partition coefficient (Wildman–Crippen LogP) is -4.26. The van der Waals surface area contributed by atoms with Crippen LogP contribution in [0.5, 0.6) is 0 Å². The Morgan fingerprint density at radius 1 is 0.615 bits per heavy atom. The molecule has 0 saturated carbocycles. The zero-order valence-electron chi connectivity index (χ0n) is 5.74. The zero-order chi connectivity index (χ0) is 9.00. The minimum Gasteiger partial charge on any atom is -0.759 e. The first-order chi connectivity index (χ1) is 4.00. The van der Waals surface area contributed by atoms with Gasteiger partial charge in [0.05, 0.1) is 0 Å². The SMILES string of the molecule is O.O=S(=O)([O-])[O-].O=S(=O)([O-])[O-].[Al+3].[Al+3]. The third-order valence-electron chi connectivity index (χ3n) is 0. The number of hydrogen-bond acceptors (Lipinski definition) is 8. The van der Waals surface area contributed by atoms with Crippen molar-refractivity contribution in [3.63, 3.8) is 0 Å². The molecule has 0 aliphatic rings. The molecule has 0 bridgehead atoms. The Kier molecular flexibility index (Phi) is 24.4. The first kappa shape index (κ1) is 29.2. The van der Waals surface area contributed by atoms with E-state index in [2.05, 4.69) is 0 Å². The van der Waals surface area contributed by atoms with Crippen LogP contribution in [0.1, 0.15) is 0 Å². The van der Waals surface area contributed by atoms with Gasteiger partial charge < -0.3 is 23.7 Å². The number of rotatable bonds is 0. The molecule has 0 fully saturated rings. The zero-order valence-corrected chi connectivity index (χ0v) is 9.68. The molecule has 0 amide bonds. The minimum atomic E-state index is -5.17. The molecule has 72 valence electrons. The van der Waals surface area contributed by atoms with Crippen molar-refractivity contribution < 1.29 is 40.5 Å². The average Bonchev–Trinajstić information content (AvgIpc) is 1.12. The number of hydrogen-bond donors (Lipinski definition) is 0. The summed E-state index contributed by atoms with van der Waals surface area (Å²) < 4.78 is 68.2. The van der Waals surface area contributed by atoms with Crippen molar-refractivity contribution >= 4 is 55.5 Å². The van der Waals surface area contributed by atoms with Gasteiger partial charge in [-0.3, -0.25) is 16.8 Å². The molecular weight excluding hydrogens is 262 g/mol. The maximum absolute atomic E-state index is 8.52. The summed E-state index contributed by atoms with van der Waals surface area (Å²) in [5, 5.41) is 0. The quantitative estimate of drug-likeness (QED) is 0.238. The van der Waals surface area contributed by atoms with Gasteiger partial charge in [0.15, 0.2) is 0 Å². The summed E-state index contributed by atoms with van der Waals surface area (Å²) in [7, 11) is -10.3. The van der Waals surface area contributed by atoms with Crippen LogP contribution in [0, 0.1) is 0 Å². The van der Waals surface area contributed by atoms with E-state index < -0.39 is 20.8 Å². The van der Waals surface area contributed by atoms with E-state index in [-0.39, 0.29) is 40.2 Å². The standard InChI is InChI=1S/2Al.2H2O4S.H2O/c;;2*1-5(2,3)4;/h;;2*(H2,1,2,3,4);1H2/q2*+3;;;/p-4. The van der Waals surface area contributed by atoms with Crippen molar-refractivity contribution in [3.8, 4) is 0 Å². The Balaban J connectivity index is -0.0000000267. The van der Waals surface area contributed by atoms with Gasteiger partial charge in [0, 0.05) is 20.8 Å². The molecule has 0 radical (unpaired) electrons. The summed E-state index contributed by atoms with van der Waals surface area (Å²) in [6, 6.07) is 0. The normalized spacial score (nSPS) is 8.92. The summed E-state index contributed by atoms with van der Waals surface area (Å²) in [5.41, 5.74) is 0. The van der Waals surface area contributed by atoms with Crippen molar-refractivity contribution in [1.82, 2.24) is 0 Å². The Hall–Kier alpha value is 0.765. The van der Waals surface area contributed by atoms with Crippen LogP contribution in [0.4, 0.5) is 0 Å². The second-order valence-electron chi connectivity index (χ2n) is 0.816. The van der Waals surface area contributed by atoms with Gasteiger partial charge >= 0.3 is 34.7 Å². The van der Waals surface area contributed by atoms with Crippen molar-refractivity contribution in [2.45, 2.75) is 0 Å². The Labute approximate surface area is 95.9 Å². The van der Waals surface area contributed by atoms with Crippen LogP contribution in [-0.2, 0) is 20.8 Å². The van der Waals surface area contributed by atoms with Crippen LogP contribution in [0.2, 0.25) is 0 Å². The van der Waals surface area contributed by atoms with Crippen LogP contribution in [-0.4, -0.2) is 75.2 Å². The van der Waals surface area contributed by atoms with Gasteiger partial charge in [0.2, 0.25) is 0 Å². The summed E-state index contributed by atoms with van der Waals surface area (Å²) in [5.74, 6) is 0. The predicted molar refractivity (Wildman–Crippen MR) is 36.1 cm³/mol. The van der Waals surface area contributed by atoms with Gasteiger partial charge in [-0.25, -0.2) is 0 Å². The van der Waals surface area contributed by atoms with E-state index in [0.29, 0.717) is 0 Å². The van der Waals surface area contributed by atoms with E-state index in [4.69, 9.17) is 35.0 Å². The van der Waals surface area contributed by atoms with Gasteiger partial charge in [-0.1, -0.05) is 0 Å². The first-order valence-corrected chi connectivity index (χ1v) is 4.00. The van der Waals surface area contributed by atoms with Crippen molar-refractivity contribution in [2.24, 2.45) is 0 Å². The van der Waals surface area contributed by atoms with E-state index in [1.165, 1.54) is 0 Å². The fourth-order valence-corrected chi connectivity index (χ4v) is 0. The minimum absolute atomic E-state index is 0. The van der Waals surface area contributed by atoms with Gasteiger partial charge in [-0.15, -0.1) is 0 Å². The maximum atomic E-state index is 8.52. The van der Waals surface area contributed by atoms with Crippen LogP contribution >= 0.6 is 0 Å². The van der Waals surface area contributed by atoms with Crippen molar-refractivity contribution in [3.05, 3.63) is 0 Å². The fraction of sp³-hybridized carbons (Fsp3) is 0. The molecule has 2 N–H and O–H groups in total. The Bertz CT molecular complexity index is 212. The summed E-state index contributed by atoms with van der Waals surface area (Å²) >= 11 is 0. The smallest absolute Gasteiger partial charge is 0.759 e.